The molecule has 0 unspecified atom stereocenters. The fourth-order valence-electron chi connectivity index (χ4n) is 1.69. The molecule has 128 valence electrons. The lowest BCUT2D eigenvalue weighted by Crippen LogP contribution is -2.38. The maximum atomic E-state index is 11.9. The van der Waals surface area contributed by atoms with Gasteiger partial charge in [-0.15, -0.1) is 0 Å². The Labute approximate surface area is 132 Å². The molecule has 2 N–H and O–H groups in total. The van der Waals surface area contributed by atoms with Gasteiger partial charge in [-0.1, -0.05) is 12.1 Å². The summed E-state index contributed by atoms with van der Waals surface area (Å²) in [5.74, 6) is -1.76. The molecular weight excluding hydrogens is 313 g/mol. The zero-order valence-corrected chi connectivity index (χ0v) is 12.9. The third kappa shape index (κ3) is 6.58. The van der Waals surface area contributed by atoms with Gasteiger partial charge in [-0.05, 0) is 37.5 Å². The topological polar surface area (TPSA) is 67.4 Å². The first-order chi connectivity index (χ1) is 10.7. The second kappa shape index (κ2) is 8.40. The number of alkyl halides is 3. The Bertz CT molecular complexity index is 559. The first-order valence-corrected chi connectivity index (χ1v) is 7.02. The Morgan fingerprint density at radius 2 is 1.78 bits per heavy atom. The summed E-state index contributed by atoms with van der Waals surface area (Å²) in [5, 5.41) is 4.22. The molecule has 0 saturated carbocycles. The molecule has 23 heavy (non-hydrogen) atoms. The number of carbonyl (C=O) groups excluding carboxylic acids is 2. The summed E-state index contributed by atoms with van der Waals surface area (Å²) in [6, 6.07) is 5.50. The molecule has 0 heterocycles. The van der Waals surface area contributed by atoms with Gasteiger partial charge in [-0.3, -0.25) is 9.59 Å². The number of hydrogen-bond donors (Lipinski definition) is 2. The van der Waals surface area contributed by atoms with Gasteiger partial charge in [-0.25, -0.2) is 0 Å². The predicted octanol–water partition coefficient (Wildman–Crippen LogP) is 1.87. The van der Waals surface area contributed by atoms with Crippen molar-refractivity contribution in [3.05, 3.63) is 29.3 Å². The van der Waals surface area contributed by atoms with Crippen LogP contribution in [0.1, 0.15) is 17.5 Å². The second-order valence-electron chi connectivity index (χ2n) is 4.94. The molecule has 0 spiro atoms. The first kappa shape index (κ1) is 18.8. The van der Waals surface area contributed by atoms with E-state index in [9.17, 15) is 22.8 Å². The standard InChI is InChI=1S/C15H19F3N2O3/c1-10-5-3-6-12(11(10)2)23-9-13(21)19-7-4-8-20-14(22)15(16,17)18/h3,5-6H,4,7-9H2,1-2H3,(H,19,21)(H,20,22). The van der Waals surface area contributed by atoms with Crippen molar-refractivity contribution in [2.45, 2.75) is 26.4 Å². The minimum Gasteiger partial charge on any atom is -0.483 e. The summed E-state index contributed by atoms with van der Waals surface area (Å²) >= 11 is 0. The van der Waals surface area contributed by atoms with Crippen LogP contribution in [0.15, 0.2) is 18.2 Å². The van der Waals surface area contributed by atoms with E-state index >= 15 is 0 Å². The van der Waals surface area contributed by atoms with Gasteiger partial charge in [0.05, 0.1) is 0 Å². The maximum Gasteiger partial charge on any atom is 0.471 e. The van der Waals surface area contributed by atoms with Crippen LogP contribution in [-0.4, -0.2) is 37.7 Å². The molecular formula is C15H19F3N2O3. The average molecular weight is 332 g/mol. The zero-order valence-electron chi connectivity index (χ0n) is 12.9. The minimum atomic E-state index is -4.89. The number of amides is 2. The van der Waals surface area contributed by atoms with Gasteiger partial charge >= 0.3 is 12.1 Å². The van der Waals surface area contributed by atoms with Crippen molar-refractivity contribution in [1.29, 1.82) is 0 Å². The van der Waals surface area contributed by atoms with E-state index in [2.05, 4.69) is 5.32 Å². The highest BCUT2D eigenvalue weighted by molar-refractivity contribution is 5.81. The van der Waals surface area contributed by atoms with Gasteiger partial charge in [-0.2, -0.15) is 13.2 Å². The van der Waals surface area contributed by atoms with Crippen LogP contribution in [0.5, 0.6) is 5.75 Å². The van der Waals surface area contributed by atoms with E-state index in [0.717, 1.165) is 11.1 Å². The predicted molar refractivity (Wildman–Crippen MR) is 78.1 cm³/mol. The van der Waals surface area contributed by atoms with Gasteiger partial charge < -0.3 is 15.4 Å². The number of halogens is 3. The molecule has 0 aliphatic carbocycles. The molecule has 0 aliphatic heterocycles. The normalized spacial score (nSPS) is 11.0. The van der Waals surface area contributed by atoms with Crippen LogP contribution in [0.3, 0.4) is 0 Å². The molecule has 0 radical (unpaired) electrons. The van der Waals surface area contributed by atoms with E-state index in [1.165, 1.54) is 0 Å². The number of rotatable bonds is 7. The van der Waals surface area contributed by atoms with Crippen LogP contribution in [-0.2, 0) is 9.59 Å². The maximum absolute atomic E-state index is 11.9. The van der Waals surface area contributed by atoms with Crippen molar-refractivity contribution in [2.75, 3.05) is 19.7 Å². The van der Waals surface area contributed by atoms with Gasteiger partial charge in [0.15, 0.2) is 6.61 Å². The molecule has 0 aliphatic rings. The monoisotopic (exact) mass is 332 g/mol. The van der Waals surface area contributed by atoms with Crippen LogP contribution in [0.25, 0.3) is 0 Å². The van der Waals surface area contributed by atoms with Crippen molar-refractivity contribution in [1.82, 2.24) is 10.6 Å². The Balaban J connectivity index is 2.20. The van der Waals surface area contributed by atoms with E-state index in [0.29, 0.717) is 5.75 Å². The Morgan fingerprint density at radius 3 is 2.43 bits per heavy atom. The van der Waals surface area contributed by atoms with Gasteiger partial charge in [0.25, 0.3) is 5.91 Å². The fraction of sp³-hybridized carbons (Fsp3) is 0.467. The lowest BCUT2D eigenvalue weighted by molar-refractivity contribution is -0.173. The minimum absolute atomic E-state index is 0.146. The summed E-state index contributed by atoms with van der Waals surface area (Å²) in [4.78, 5) is 22.1. The lowest BCUT2D eigenvalue weighted by Gasteiger charge is -2.11. The first-order valence-electron chi connectivity index (χ1n) is 7.02. The molecule has 0 atom stereocenters. The van der Waals surface area contributed by atoms with E-state index < -0.39 is 12.1 Å². The van der Waals surface area contributed by atoms with Crippen molar-refractivity contribution in [3.63, 3.8) is 0 Å². The molecule has 0 bridgehead atoms. The van der Waals surface area contributed by atoms with Crippen LogP contribution >= 0.6 is 0 Å². The molecule has 1 aromatic rings. The molecule has 0 fully saturated rings. The molecule has 0 aromatic heterocycles. The highest BCUT2D eigenvalue weighted by Crippen LogP contribution is 2.20. The molecule has 8 heteroatoms. The smallest absolute Gasteiger partial charge is 0.471 e. The third-order valence-corrected chi connectivity index (χ3v) is 3.13. The van der Waals surface area contributed by atoms with Gasteiger partial charge in [0.2, 0.25) is 0 Å². The van der Waals surface area contributed by atoms with Gasteiger partial charge in [0.1, 0.15) is 5.75 Å². The van der Waals surface area contributed by atoms with E-state index in [1.807, 2.05) is 26.0 Å². The third-order valence-electron chi connectivity index (χ3n) is 3.13. The van der Waals surface area contributed by atoms with Crippen molar-refractivity contribution >= 4 is 11.8 Å². The molecule has 2 amide bonds. The van der Waals surface area contributed by atoms with E-state index in [4.69, 9.17) is 4.74 Å². The molecule has 5 nitrogen and oxygen atoms in total. The Kier molecular flexibility index (Phi) is 6.87. The number of ether oxygens (including phenoxy) is 1. The van der Waals surface area contributed by atoms with Gasteiger partial charge in [0, 0.05) is 13.1 Å². The van der Waals surface area contributed by atoms with Crippen LogP contribution in [0.2, 0.25) is 0 Å². The van der Waals surface area contributed by atoms with Crippen molar-refractivity contribution in [3.8, 4) is 5.75 Å². The largest absolute Gasteiger partial charge is 0.483 e. The summed E-state index contributed by atoms with van der Waals surface area (Å²) in [5.41, 5.74) is 1.98. The number of carbonyl (C=O) groups is 2. The molecule has 1 aromatic carbocycles. The fourth-order valence-corrected chi connectivity index (χ4v) is 1.69. The number of nitrogens with one attached hydrogen (secondary N) is 2. The summed E-state index contributed by atoms with van der Waals surface area (Å²) in [7, 11) is 0. The summed E-state index contributed by atoms with van der Waals surface area (Å²) < 4.78 is 41.1. The summed E-state index contributed by atoms with van der Waals surface area (Å²) in [6.45, 7) is 3.60. The second-order valence-corrected chi connectivity index (χ2v) is 4.94. The van der Waals surface area contributed by atoms with Crippen LogP contribution in [0.4, 0.5) is 13.2 Å². The lowest BCUT2D eigenvalue weighted by atomic mass is 10.1. The van der Waals surface area contributed by atoms with Crippen LogP contribution in [0, 0.1) is 13.8 Å². The number of aryl methyl sites for hydroxylation is 1. The number of benzene rings is 1. The molecule has 1 rings (SSSR count). The van der Waals surface area contributed by atoms with Crippen LogP contribution < -0.4 is 15.4 Å². The highest BCUT2D eigenvalue weighted by atomic mass is 19.4. The van der Waals surface area contributed by atoms with E-state index in [1.54, 1.807) is 11.4 Å². The highest BCUT2D eigenvalue weighted by Gasteiger charge is 2.38. The zero-order chi connectivity index (χ0) is 17.5. The van der Waals surface area contributed by atoms with Crippen molar-refractivity contribution < 1.29 is 27.5 Å². The Morgan fingerprint density at radius 1 is 1.13 bits per heavy atom. The quantitative estimate of drug-likeness (QED) is 0.749. The molecule has 0 saturated heterocycles. The van der Waals surface area contributed by atoms with Crippen molar-refractivity contribution in [2.24, 2.45) is 0 Å². The summed E-state index contributed by atoms with van der Waals surface area (Å²) in [6.07, 6.45) is -4.69. The Hall–Kier alpha value is -2.25. The van der Waals surface area contributed by atoms with E-state index in [-0.39, 0.29) is 32.0 Å². The SMILES string of the molecule is Cc1cccc(OCC(=O)NCCCNC(=O)C(F)(F)F)c1C. The average Bonchev–Trinajstić information content (AvgIpc) is 2.47. The number of hydrogen-bond acceptors (Lipinski definition) is 3.